The summed E-state index contributed by atoms with van der Waals surface area (Å²) in [6, 6.07) is 1.53. The van der Waals surface area contributed by atoms with Crippen molar-refractivity contribution in [1.29, 1.82) is 0 Å². The summed E-state index contributed by atoms with van der Waals surface area (Å²) in [7, 11) is 1.67. The molecule has 21 heavy (non-hydrogen) atoms. The molecular weight excluding hydrogens is 272 g/mol. The Labute approximate surface area is 125 Å². The lowest BCUT2D eigenvalue weighted by Crippen LogP contribution is -2.41. The molecule has 1 rings (SSSR count). The number of furan rings is 1. The van der Waals surface area contributed by atoms with Gasteiger partial charge >= 0.3 is 12.0 Å². The largest absolute Gasteiger partial charge is 0.481 e. The molecule has 2 amide bonds. The number of nitrogens with zero attached hydrogens (tertiary/aromatic N) is 1. The van der Waals surface area contributed by atoms with E-state index in [1.54, 1.807) is 13.3 Å². The lowest BCUT2D eigenvalue weighted by Gasteiger charge is -2.20. The Bertz CT molecular complexity index is 482. The van der Waals surface area contributed by atoms with Crippen molar-refractivity contribution >= 4 is 12.0 Å². The van der Waals surface area contributed by atoms with Crippen molar-refractivity contribution in [2.24, 2.45) is 11.8 Å². The molecule has 1 atom stereocenters. The highest BCUT2D eigenvalue weighted by Gasteiger charge is 2.20. The number of carboxylic acid groups (broad SMARTS) is 1. The van der Waals surface area contributed by atoms with E-state index in [-0.39, 0.29) is 18.5 Å². The number of carbonyl (C=O) groups excluding carboxylic acids is 1. The summed E-state index contributed by atoms with van der Waals surface area (Å²) >= 11 is 0. The summed E-state index contributed by atoms with van der Waals surface area (Å²) in [6.45, 7) is 6.33. The zero-order valence-corrected chi connectivity index (χ0v) is 13.0. The quantitative estimate of drug-likeness (QED) is 0.809. The van der Waals surface area contributed by atoms with E-state index in [9.17, 15) is 9.59 Å². The maximum absolute atomic E-state index is 12.0. The zero-order valence-electron chi connectivity index (χ0n) is 13.0. The summed E-state index contributed by atoms with van der Waals surface area (Å²) in [4.78, 5) is 24.6. The molecule has 118 valence electrons. The summed E-state index contributed by atoms with van der Waals surface area (Å²) < 4.78 is 5.18. The van der Waals surface area contributed by atoms with Crippen LogP contribution in [0, 0.1) is 18.8 Å². The van der Waals surface area contributed by atoms with E-state index < -0.39 is 11.9 Å². The van der Waals surface area contributed by atoms with Crippen LogP contribution >= 0.6 is 0 Å². The number of hydrogen-bond donors (Lipinski definition) is 2. The Morgan fingerprint density at radius 1 is 1.43 bits per heavy atom. The predicted molar refractivity (Wildman–Crippen MR) is 78.9 cm³/mol. The number of nitrogens with one attached hydrogen (secondary N) is 1. The molecule has 0 saturated heterocycles. The van der Waals surface area contributed by atoms with Crippen LogP contribution in [0.15, 0.2) is 16.7 Å². The molecule has 1 aromatic rings. The van der Waals surface area contributed by atoms with Gasteiger partial charge in [-0.1, -0.05) is 13.8 Å². The number of aryl methyl sites for hydroxylation is 1. The van der Waals surface area contributed by atoms with Crippen molar-refractivity contribution in [1.82, 2.24) is 10.2 Å². The predicted octanol–water partition coefficient (Wildman–Crippen LogP) is 2.48. The number of urea groups is 1. The van der Waals surface area contributed by atoms with E-state index in [1.165, 1.54) is 4.90 Å². The van der Waals surface area contributed by atoms with Crippen molar-refractivity contribution in [3.63, 3.8) is 0 Å². The summed E-state index contributed by atoms with van der Waals surface area (Å²) in [5.41, 5.74) is 0.935. The number of rotatable bonds is 7. The zero-order chi connectivity index (χ0) is 16.0. The van der Waals surface area contributed by atoms with Crippen LogP contribution in [0.5, 0.6) is 0 Å². The number of hydrogen-bond acceptors (Lipinski definition) is 3. The Kier molecular flexibility index (Phi) is 6.27. The molecular formula is C15H24N2O4. The van der Waals surface area contributed by atoms with Crippen molar-refractivity contribution in [3.05, 3.63) is 23.7 Å². The first-order valence-corrected chi connectivity index (χ1v) is 7.06. The fourth-order valence-electron chi connectivity index (χ4n) is 2.09. The van der Waals surface area contributed by atoms with E-state index in [0.717, 1.165) is 11.3 Å². The molecule has 0 radical (unpaired) electrons. The average Bonchev–Trinajstić information content (AvgIpc) is 2.79. The Morgan fingerprint density at radius 2 is 2.10 bits per heavy atom. The molecule has 6 heteroatoms. The van der Waals surface area contributed by atoms with Crippen LogP contribution in [-0.4, -0.2) is 35.6 Å². The first-order chi connectivity index (χ1) is 9.81. The van der Waals surface area contributed by atoms with Gasteiger partial charge in [-0.25, -0.2) is 4.79 Å². The van der Waals surface area contributed by atoms with Gasteiger partial charge < -0.3 is 19.7 Å². The maximum atomic E-state index is 12.0. The maximum Gasteiger partial charge on any atom is 0.317 e. The molecule has 0 aromatic carbocycles. The standard InChI is InChI=1S/C15H24N2O4/c1-10(2)7-13(14(18)19)8-16-15(20)17(4)9-12-5-6-21-11(12)3/h5-6,10,13H,7-9H2,1-4H3,(H,16,20)(H,18,19). The topological polar surface area (TPSA) is 82.8 Å². The molecule has 2 N–H and O–H groups in total. The van der Waals surface area contributed by atoms with Crippen LogP contribution in [0.2, 0.25) is 0 Å². The molecule has 1 heterocycles. The summed E-state index contributed by atoms with van der Waals surface area (Å²) in [5.74, 6) is -0.387. The SMILES string of the molecule is Cc1occc1CN(C)C(=O)NCC(CC(C)C)C(=O)O. The molecule has 1 unspecified atom stereocenters. The molecule has 0 saturated carbocycles. The second-order valence-electron chi connectivity index (χ2n) is 5.71. The van der Waals surface area contributed by atoms with E-state index in [2.05, 4.69) is 5.32 Å². The molecule has 0 spiro atoms. The first-order valence-electron chi connectivity index (χ1n) is 7.06. The average molecular weight is 296 g/mol. The Hall–Kier alpha value is -1.98. The van der Waals surface area contributed by atoms with Crippen molar-refractivity contribution in [3.8, 4) is 0 Å². The van der Waals surface area contributed by atoms with Crippen LogP contribution in [0.3, 0.4) is 0 Å². The van der Waals surface area contributed by atoms with Gasteiger partial charge in [-0.15, -0.1) is 0 Å². The van der Waals surface area contributed by atoms with Gasteiger partial charge in [0.25, 0.3) is 0 Å². The third-order valence-corrected chi connectivity index (χ3v) is 3.33. The van der Waals surface area contributed by atoms with Crippen LogP contribution in [0.1, 0.15) is 31.6 Å². The first kappa shape index (κ1) is 17.1. The summed E-state index contributed by atoms with van der Waals surface area (Å²) in [5, 5.41) is 11.8. The highest BCUT2D eigenvalue weighted by Crippen LogP contribution is 2.12. The van der Waals surface area contributed by atoms with Crippen molar-refractivity contribution < 1.29 is 19.1 Å². The second-order valence-corrected chi connectivity index (χ2v) is 5.71. The van der Waals surface area contributed by atoms with Gasteiger partial charge in [0.2, 0.25) is 0 Å². The van der Waals surface area contributed by atoms with Gasteiger partial charge in [0.15, 0.2) is 0 Å². The van der Waals surface area contributed by atoms with Crippen LogP contribution in [0.4, 0.5) is 4.79 Å². The lowest BCUT2D eigenvalue weighted by molar-refractivity contribution is -0.142. The normalized spacial score (nSPS) is 12.2. The van der Waals surface area contributed by atoms with E-state index in [1.807, 2.05) is 26.8 Å². The van der Waals surface area contributed by atoms with Crippen LogP contribution in [-0.2, 0) is 11.3 Å². The van der Waals surface area contributed by atoms with Gasteiger partial charge in [0, 0.05) is 19.2 Å². The molecule has 6 nitrogen and oxygen atoms in total. The van der Waals surface area contributed by atoms with Crippen LogP contribution in [0.25, 0.3) is 0 Å². The van der Waals surface area contributed by atoms with E-state index in [0.29, 0.717) is 13.0 Å². The highest BCUT2D eigenvalue weighted by molar-refractivity contribution is 5.75. The fourth-order valence-corrected chi connectivity index (χ4v) is 2.09. The Morgan fingerprint density at radius 3 is 2.57 bits per heavy atom. The Balaban J connectivity index is 2.48. The van der Waals surface area contributed by atoms with Crippen LogP contribution < -0.4 is 5.32 Å². The molecule has 0 aliphatic carbocycles. The van der Waals surface area contributed by atoms with Crippen molar-refractivity contribution in [2.45, 2.75) is 33.7 Å². The number of carbonyl (C=O) groups is 2. The second kappa shape index (κ2) is 7.71. The van der Waals surface area contributed by atoms with Gasteiger partial charge in [-0.2, -0.15) is 0 Å². The molecule has 0 aliphatic rings. The number of carboxylic acids is 1. The molecule has 0 aliphatic heterocycles. The number of amides is 2. The fraction of sp³-hybridized carbons (Fsp3) is 0.600. The number of aliphatic carboxylic acids is 1. The smallest absolute Gasteiger partial charge is 0.317 e. The van der Waals surface area contributed by atoms with Gasteiger partial charge in [0.05, 0.1) is 18.7 Å². The minimum atomic E-state index is -0.877. The third-order valence-electron chi connectivity index (χ3n) is 3.33. The minimum absolute atomic E-state index is 0.140. The summed E-state index contributed by atoms with van der Waals surface area (Å²) in [6.07, 6.45) is 2.12. The van der Waals surface area contributed by atoms with Gasteiger partial charge in [-0.05, 0) is 25.3 Å². The highest BCUT2D eigenvalue weighted by atomic mass is 16.4. The van der Waals surface area contributed by atoms with Gasteiger partial charge in [-0.3, -0.25) is 4.79 Å². The molecule has 1 aromatic heterocycles. The monoisotopic (exact) mass is 296 g/mol. The van der Waals surface area contributed by atoms with E-state index >= 15 is 0 Å². The lowest BCUT2D eigenvalue weighted by atomic mass is 9.97. The van der Waals surface area contributed by atoms with Gasteiger partial charge in [0.1, 0.15) is 5.76 Å². The van der Waals surface area contributed by atoms with E-state index in [4.69, 9.17) is 9.52 Å². The minimum Gasteiger partial charge on any atom is -0.481 e. The molecule has 0 fully saturated rings. The third kappa shape index (κ3) is 5.49. The molecule has 0 bridgehead atoms. The van der Waals surface area contributed by atoms with Crippen molar-refractivity contribution in [2.75, 3.05) is 13.6 Å².